The average Bonchev–Trinajstić information content (AvgIpc) is 2.93. The molecule has 2 rings (SSSR count). The van der Waals surface area contributed by atoms with E-state index >= 15 is 0 Å². The number of rotatable bonds is 9. The summed E-state index contributed by atoms with van der Waals surface area (Å²) >= 11 is 0. The molecule has 0 aliphatic rings. The number of aryl methyl sites for hydroxylation is 1. The van der Waals surface area contributed by atoms with E-state index in [1.165, 1.54) is 7.11 Å². The zero-order chi connectivity index (χ0) is 20.0. The van der Waals surface area contributed by atoms with Crippen LogP contribution in [0.5, 0.6) is 5.75 Å². The molecule has 5 nitrogen and oxygen atoms in total. The number of ketones is 1. The van der Waals surface area contributed by atoms with Crippen molar-refractivity contribution < 1.29 is 19.1 Å². The Morgan fingerprint density at radius 1 is 1.11 bits per heavy atom. The fraction of sp³-hybridized carbons (Fsp3) is 0.455. The lowest BCUT2D eigenvalue weighted by Crippen LogP contribution is -2.13. The Morgan fingerprint density at radius 2 is 1.78 bits per heavy atom. The van der Waals surface area contributed by atoms with Crippen molar-refractivity contribution in [2.24, 2.45) is 5.92 Å². The number of hydrogen-bond acceptors (Lipinski definition) is 4. The van der Waals surface area contributed by atoms with Crippen molar-refractivity contribution >= 4 is 11.8 Å². The van der Waals surface area contributed by atoms with E-state index in [0.29, 0.717) is 11.7 Å². The van der Waals surface area contributed by atoms with E-state index in [1.807, 2.05) is 19.9 Å². The van der Waals surface area contributed by atoms with Crippen molar-refractivity contribution in [2.75, 3.05) is 13.7 Å². The van der Waals surface area contributed by atoms with E-state index in [9.17, 15) is 9.59 Å². The molecule has 5 heteroatoms. The van der Waals surface area contributed by atoms with Crippen LogP contribution in [-0.2, 0) is 22.5 Å². The monoisotopic (exact) mass is 371 g/mol. The van der Waals surface area contributed by atoms with Gasteiger partial charge >= 0.3 is 5.97 Å². The summed E-state index contributed by atoms with van der Waals surface area (Å²) in [7, 11) is 1.37. The maximum Gasteiger partial charge on any atom is 0.309 e. The van der Waals surface area contributed by atoms with E-state index < -0.39 is 0 Å². The van der Waals surface area contributed by atoms with Crippen LogP contribution in [0.3, 0.4) is 0 Å². The minimum absolute atomic E-state index is 0.00910. The second kappa shape index (κ2) is 9.40. The number of esters is 1. The molecule has 27 heavy (non-hydrogen) atoms. The topological polar surface area (TPSA) is 57.5 Å². The number of Topliss-reactive ketones (excluding diaryl/α,β-unsaturated/α-hetero) is 1. The lowest BCUT2D eigenvalue weighted by Gasteiger charge is -2.11. The van der Waals surface area contributed by atoms with Crippen molar-refractivity contribution in [3.05, 3.63) is 52.8 Å². The van der Waals surface area contributed by atoms with Crippen molar-refractivity contribution in [3.8, 4) is 5.75 Å². The number of carbonyl (C=O) groups is 2. The predicted molar refractivity (Wildman–Crippen MR) is 105 cm³/mol. The molecule has 1 aromatic heterocycles. The molecule has 0 spiro atoms. The highest BCUT2D eigenvalue weighted by atomic mass is 16.5. The molecule has 0 aliphatic carbocycles. The number of aromatic nitrogens is 1. The molecule has 0 radical (unpaired) electrons. The summed E-state index contributed by atoms with van der Waals surface area (Å²) in [5, 5.41) is 0. The molecule has 0 atom stereocenters. The van der Waals surface area contributed by atoms with E-state index in [4.69, 9.17) is 4.74 Å². The summed E-state index contributed by atoms with van der Waals surface area (Å²) in [5.74, 6) is 0.908. The van der Waals surface area contributed by atoms with Gasteiger partial charge in [-0.15, -0.1) is 0 Å². The van der Waals surface area contributed by atoms with Crippen molar-refractivity contribution in [1.82, 2.24) is 4.57 Å². The third kappa shape index (κ3) is 5.71. The predicted octanol–water partition coefficient (Wildman–Crippen LogP) is 4.13. The number of benzene rings is 1. The Morgan fingerprint density at radius 3 is 2.37 bits per heavy atom. The molecule has 0 unspecified atom stereocenters. The van der Waals surface area contributed by atoms with Crippen LogP contribution < -0.4 is 4.74 Å². The molecular formula is C22H29NO4. The highest BCUT2D eigenvalue weighted by Gasteiger charge is 2.16. The van der Waals surface area contributed by atoms with E-state index in [0.717, 1.165) is 35.5 Å². The largest absolute Gasteiger partial charge is 0.485 e. The molecule has 2 aromatic rings. The zero-order valence-corrected chi connectivity index (χ0v) is 16.9. The second-order valence-electron chi connectivity index (χ2n) is 7.23. The minimum atomic E-state index is -0.285. The van der Waals surface area contributed by atoms with Crippen LogP contribution in [0.25, 0.3) is 0 Å². The molecule has 0 bridgehead atoms. The van der Waals surface area contributed by atoms with Crippen LogP contribution in [0.15, 0.2) is 30.3 Å². The Labute approximate surface area is 161 Å². The van der Waals surface area contributed by atoms with E-state index in [1.54, 1.807) is 24.3 Å². The summed E-state index contributed by atoms with van der Waals surface area (Å²) < 4.78 is 12.5. The molecular weight excluding hydrogens is 342 g/mol. The number of ether oxygens (including phenoxy) is 2. The molecule has 1 aromatic carbocycles. The summed E-state index contributed by atoms with van der Waals surface area (Å²) in [6.07, 6.45) is 1.30. The Balaban J connectivity index is 1.97. The van der Waals surface area contributed by atoms with Crippen LogP contribution in [-0.4, -0.2) is 30.0 Å². The molecule has 0 N–H and O–H groups in total. The van der Waals surface area contributed by atoms with Crippen LogP contribution in [0.4, 0.5) is 0 Å². The van der Waals surface area contributed by atoms with Gasteiger partial charge in [-0.2, -0.15) is 0 Å². The van der Waals surface area contributed by atoms with Crippen molar-refractivity contribution in [3.63, 3.8) is 0 Å². The van der Waals surface area contributed by atoms with Crippen molar-refractivity contribution in [1.29, 1.82) is 0 Å². The van der Waals surface area contributed by atoms with Crippen LogP contribution >= 0.6 is 0 Å². The van der Waals surface area contributed by atoms with Gasteiger partial charge < -0.3 is 14.0 Å². The van der Waals surface area contributed by atoms with Gasteiger partial charge in [0.1, 0.15) is 5.75 Å². The Kier molecular flexibility index (Phi) is 7.22. The van der Waals surface area contributed by atoms with Gasteiger partial charge in [0.05, 0.1) is 13.5 Å². The molecule has 146 valence electrons. The number of nitrogens with zero attached hydrogens (tertiary/aromatic N) is 1. The van der Waals surface area contributed by atoms with Crippen LogP contribution in [0.2, 0.25) is 0 Å². The van der Waals surface area contributed by atoms with Gasteiger partial charge in [0.25, 0.3) is 0 Å². The van der Waals surface area contributed by atoms with Crippen LogP contribution in [0.1, 0.15) is 47.6 Å². The first-order valence-corrected chi connectivity index (χ1v) is 9.30. The Hall–Kier alpha value is -2.56. The number of carbonyl (C=O) groups excluding carboxylic acids is 2. The quantitative estimate of drug-likeness (QED) is 0.491. The standard InChI is InChI=1S/C22H29NO4/c1-15(2)10-11-23-16(3)12-20(17(23)4)21(24)14-27-19-8-6-18(7-9-19)13-22(25)26-5/h6-9,12,15H,10-11,13-14H2,1-5H3. The normalized spacial score (nSPS) is 10.9. The molecule has 0 saturated heterocycles. The average molecular weight is 371 g/mol. The third-order valence-electron chi connectivity index (χ3n) is 4.67. The molecule has 1 heterocycles. The SMILES string of the molecule is COC(=O)Cc1ccc(OCC(=O)c2cc(C)n(CCC(C)C)c2C)cc1. The molecule has 0 aliphatic heterocycles. The minimum Gasteiger partial charge on any atom is -0.485 e. The summed E-state index contributed by atoms with van der Waals surface area (Å²) in [5.41, 5.74) is 3.66. The van der Waals surface area contributed by atoms with E-state index in [-0.39, 0.29) is 24.8 Å². The van der Waals surface area contributed by atoms with Gasteiger partial charge in [0.15, 0.2) is 6.61 Å². The van der Waals surface area contributed by atoms with Gasteiger partial charge in [0.2, 0.25) is 5.78 Å². The van der Waals surface area contributed by atoms with Gasteiger partial charge in [-0.25, -0.2) is 0 Å². The first-order valence-electron chi connectivity index (χ1n) is 9.30. The lowest BCUT2D eigenvalue weighted by atomic mass is 10.1. The lowest BCUT2D eigenvalue weighted by molar-refractivity contribution is -0.139. The fourth-order valence-corrected chi connectivity index (χ4v) is 2.98. The fourth-order valence-electron chi connectivity index (χ4n) is 2.98. The number of methoxy groups -OCH3 is 1. The third-order valence-corrected chi connectivity index (χ3v) is 4.67. The van der Waals surface area contributed by atoms with Crippen LogP contribution in [0, 0.1) is 19.8 Å². The summed E-state index contributed by atoms with van der Waals surface area (Å²) in [6.45, 7) is 9.33. The highest BCUT2D eigenvalue weighted by molar-refractivity contribution is 5.98. The smallest absolute Gasteiger partial charge is 0.309 e. The number of hydrogen-bond donors (Lipinski definition) is 0. The molecule has 0 amide bonds. The second-order valence-corrected chi connectivity index (χ2v) is 7.23. The summed E-state index contributed by atoms with van der Waals surface area (Å²) in [4.78, 5) is 23.9. The van der Waals surface area contributed by atoms with Gasteiger partial charge in [-0.1, -0.05) is 26.0 Å². The van der Waals surface area contributed by atoms with Gasteiger partial charge in [-0.3, -0.25) is 9.59 Å². The van der Waals surface area contributed by atoms with Crippen molar-refractivity contribution in [2.45, 2.75) is 47.1 Å². The van der Waals surface area contributed by atoms with E-state index in [2.05, 4.69) is 23.2 Å². The first-order chi connectivity index (χ1) is 12.8. The van der Waals surface area contributed by atoms with Gasteiger partial charge in [0, 0.05) is 23.5 Å². The van der Waals surface area contributed by atoms with Gasteiger partial charge in [-0.05, 0) is 49.9 Å². The zero-order valence-electron chi connectivity index (χ0n) is 16.9. The Bertz CT molecular complexity index is 787. The summed E-state index contributed by atoms with van der Waals surface area (Å²) in [6, 6.07) is 9.07. The molecule has 0 saturated carbocycles. The maximum absolute atomic E-state index is 12.6. The first kappa shape index (κ1) is 20.7. The highest BCUT2D eigenvalue weighted by Crippen LogP contribution is 2.19. The maximum atomic E-state index is 12.6. The molecule has 0 fully saturated rings.